The van der Waals surface area contributed by atoms with E-state index in [0.717, 1.165) is 0 Å². The fraction of sp³-hybridized carbons (Fsp3) is 0.125. The molecular formula is C16H11ClFNO2. The van der Waals surface area contributed by atoms with Gasteiger partial charge in [0.05, 0.1) is 17.6 Å². The summed E-state index contributed by atoms with van der Waals surface area (Å²) in [5.41, 5.74) is 1.05. The van der Waals surface area contributed by atoms with Crippen molar-refractivity contribution < 1.29 is 14.3 Å². The highest BCUT2D eigenvalue weighted by Gasteiger charge is 2.17. The van der Waals surface area contributed by atoms with Crippen molar-refractivity contribution in [2.24, 2.45) is 0 Å². The predicted molar refractivity (Wildman–Crippen MR) is 76.9 cm³/mol. The van der Waals surface area contributed by atoms with Crippen LogP contribution in [0, 0.1) is 17.1 Å². The van der Waals surface area contributed by atoms with Crippen molar-refractivity contribution >= 4 is 17.6 Å². The zero-order valence-corrected chi connectivity index (χ0v) is 11.6. The van der Waals surface area contributed by atoms with Crippen molar-refractivity contribution in [3.8, 4) is 6.07 Å². The van der Waals surface area contributed by atoms with Gasteiger partial charge in [-0.25, -0.2) is 9.18 Å². The van der Waals surface area contributed by atoms with Crippen LogP contribution >= 0.6 is 11.6 Å². The van der Waals surface area contributed by atoms with Crippen LogP contribution in [-0.4, -0.2) is 11.1 Å². The van der Waals surface area contributed by atoms with Gasteiger partial charge in [0.15, 0.2) is 0 Å². The summed E-state index contributed by atoms with van der Waals surface area (Å²) in [6, 6.07) is 12.4. The average Bonchev–Trinajstić information content (AvgIpc) is 2.47. The van der Waals surface area contributed by atoms with Gasteiger partial charge >= 0.3 is 5.97 Å². The quantitative estimate of drug-likeness (QED) is 0.927. The lowest BCUT2D eigenvalue weighted by Gasteiger charge is -2.12. The second-order valence-corrected chi connectivity index (χ2v) is 4.92. The van der Waals surface area contributed by atoms with Crippen LogP contribution in [-0.2, 0) is 6.42 Å². The molecule has 21 heavy (non-hydrogen) atoms. The Labute approximate surface area is 126 Å². The number of benzene rings is 2. The second-order valence-electron chi connectivity index (χ2n) is 4.51. The molecule has 0 aliphatic heterocycles. The highest BCUT2D eigenvalue weighted by Crippen LogP contribution is 2.27. The van der Waals surface area contributed by atoms with Gasteiger partial charge < -0.3 is 5.11 Å². The molecule has 0 spiro atoms. The SMILES string of the molecule is N#CC(Cc1c(F)cccc1Cl)c1ccc(C(=O)O)cc1. The van der Waals surface area contributed by atoms with Crippen LogP contribution in [0.25, 0.3) is 0 Å². The zero-order chi connectivity index (χ0) is 15.4. The standard InChI is InChI=1S/C16H11ClFNO2/c17-14-2-1-3-15(18)13(14)8-12(9-19)10-4-6-11(7-5-10)16(20)21/h1-7,12H,8H2,(H,20,21). The fourth-order valence-corrected chi connectivity index (χ4v) is 2.27. The molecule has 1 N–H and O–H groups in total. The molecule has 1 atom stereocenters. The average molecular weight is 304 g/mol. The Morgan fingerprint density at radius 3 is 2.48 bits per heavy atom. The van der Waals surface area contributed by atoms with Crippen LogP contribution in [0.3, 0.4) is 0 Å². The van der Waals surface area contributed by atoms with Crippen LogP contribution < -0.4 is 0 Å². The maximum absolute atomic E-state index is 13.8. The molecule has 0 saturated heterocycles. The summed E-state index contributed by atoms with van der Waals surface area (Å²) in [5.74, 6) is -2.08. The van der Waals surface area contributed by atoms with E-state index in [0.29, 0.717) is 5.56 Å². The van der Waals surface area contributed by atoms with Crippen molar-refractivity contribution in [1.29, 1.82) is 5.26 Å². The van der Waals surface area contributed by atoms with E-state index in [9.17, 15) is 14.4 Å². The third kappa shape index (κ3) is 3.39. The summed E-state index contributed by atoms with van der Waals surface area (Å²) >= 11 is 5.96. The molecule has 0 aromatic heterocycles. The lowest BCUT2D eigenvalue weighted by atomic mass is 9.92. The number of carboxylic acid groups (broad SMARTS) is 1. The molecule has 0 bridgehead atoms. The number of carboxylic acids is 1. The Hall–Kier alpha value is -2.38. The summed E-state index contributed by atoms with van der Waals surface area (Å²) in [4.78, 5) is 10.8. The van der Waals surface area contributed by atoms with E-state index in [2.05, 4.69) is 6.07 Å². The molecule has 0 aliphatic rings. The smallest absolute Gasteiger partial charge is 0.335 e. The van der Waals surface area contributed by atoms with E-state index < -0.39 is 17.7 Å². The first kappa shape index (κ1) is 15.0. The van der Waals surface area contributed by atoms with Gasteiger partial charge in [-0.2, -0.15) is 5.26 Å². The minimum Gasteiger partial charge on any atom is -0.478 e. The lowest BCUT2D eigenvalue weighted by Crippen LogP contribution is -2.04. The molecule has 2 aromatic carbocycles. The van der Waals surface area contributed by atoms with Gasteiger partial charge in [0, 0.05) is 10.6 Å². The number of rotatable bonds is 4. The maximum Gasteiger partial charge on any atom is 0.335 e. The van der Waals surface area contributed by atoms with Crippen molar-refractivity contribution in [1.82, 2.24) is 0 Å². The van der Waals surface area contributed by atoms with Crippen LogP contribution in [0.15, 0.2) is 42.5 Å². The Morgan fingerprint density at radius 1 is 1.29 bits per heavy atom. The van der Waals surface area contributed by atoms with E-state index in [1.54, 1.807) is 18.2 Å². The van der Waals surface area contributed by atoms with Crippen LogP contribution in [0.5, 0.6) is 0 Å². The summed E-state index contributed by atoms with van der Waals surface area (Å²) in [5, 5.41) is 18.4. The summed E-state index contributed by atoms with van der Waals surface area (Å²) < 4.78 is 13.8. The third-order valence-electron chi connectivity index (χ3n) is 3.19. The van der Waals surface area contributed by atoms with Gasteiger partial charge in [-0.3, -0.25) is 0 Å². The first-order chi connectivity index (χ1) is 10.0. The monoisotopic (exact) mass is 303 g/mol. The molecule has 0 aliphatic carbocycles. The second kappa shape index (κ2) is 6.38. The Morgan fingerprint density at radius 2 is 1.95 bits per heavy atom. The molecule has 3 nitrogen and oxygen atoms in total. The molecular weight excluding hydrogens is 293 g/mol. The number of hydrogen-bond donors (Lipinski definition) is 1. The fourth-order valence-electron chi connectivity index (χ4n) is 2.03. The van der Waals surface area contributed by atoms with Gasteiger partial charge in [-0.05, 0) is 36.2 Å². The minimum absolute atomic E-state index is 0.133. The van der Waals surface area contributed by atoms with E-state index >= 15 is 0 Å². The van der Waals surface area contributed by atoms with Gasteiger partial charge in [0.1, 0.15) is 5.82 Å². The lowest BCUT2D eigenvalue weighted by molar-refractivity contribution is 0.0697. The number of nitriles is 1. The molecule has 106 valence electrons. The van der Waals surface area contributed by atoms with Crippen LogP contribution in [0.1, 0.15) is 27.4 Å². The molecule has 2 rings (SSSR count). The molecule has 5 heteroatoms. The van der Waals surface area contributed by atoms with Crippen LogP contribution in [0.2, 0.25) is 5.02 Å². The number of hydrogen-bond acceptors (Lipinski definition) is 2. The number of nitrogens with zero attached hydrogens (tertiary/aromatic N) is 1. The predicted octanol–water partition coefficient (Wildman–Crippen LogP) is 4.03. The van der Waals surface area contributed by atoms with Gasteiger partial charge in [-0.15, -0.1) is 0 Å². The van der Waals surface area contributed by atoms with Gasteiger partial charge in [0.25, 0.3) is 0 Å². The molecule has 0 amide bonds. The minimum atomic E-state index is -1.03. The molecule has 0 heterocycles. The number of carbonyl (C=O) groups is 1. The Bertz CT molecular complexity index is 687. The molecule has 0 fully saturated rings. The maximum atomic E-state index is 13.8. The zero-order valence-electron chi connectivity index (χ0n) is 10.9. The van der Waals surface area contributed by atoms with Crippen molar-refractivity contribution in [2.75, 3.05) is 0 Å². The summed E-state index contributed by atoms with van der Waals surface area (Å²) in [6.07, 6.45) is 0.133. The third-order valence-corrected chi connectivity index (χ3v) is 3.54. The number of aromatic carboxylic acids is 1. The van der Waals surface area contributed by atoms with Gasteiger partial charge in [-0.1, -0.05) is 29.8 Å². The largest absolute Gasteiger partial charge is 0.478 e. The molecule has 0 radical (unpaired) electrons. The Kier molecular flexibility index (Phi) is 4.56. The van der Waals surface area contributed by atoms with Crippen LogP contribution in [0.4, 0.5) is 4.39 Å². The van der Waals surface area contributed by atoms with E-state index in [4.69, 9.17) is 16.7 Å². The van der Waals surface area contributed by atoms with Gasteiger partial charge in [0.2, 0.25) is 0 Å². The van der Waals surface area contributed by atoms with Crippen molar-refractivity contribution in [2.45, 2.75) is 12.3 Å². The van der Waals surface area contributed by atoms with E-state index in [-0.39, 0.29) is 22.6 Å². The molecule has 2 aromatic rings. The normalized spacial score (nSPS) is 11.7. The molecule has 0 saturated carbocycles. The number of halogens is 2. The van der Waals surface area contributed by atoms with E-state index in [1.165, 1.54) is 24.3 Å². The topological polar surface area (TPSA) is 61.1 Å². The van der Waals surface area contributed by atoms with E-state index in [1.807, 2.05) is 0 Å². The highest BCUT2D eigenvalue weighted by atomic mass is 35.5. The Balaban J connectivity index is 2.28. The molecule has 1 unspecified atom stereocenters. The van der Waals surface area contributed by atoms with Crippen molar-refractivity contribution in [3.63, 3.8) is 0 Å². The summed E-state index contributed by atoms with van der Waals surface area (Å²) in [6.45, 7) is 0. The first-order valence-electron chi connectivity index (χ1n) is 6.18. The summed E-state index contributed by atoms with van der Waals surface area (Å²) in [7, 11) is 0. The van der Waals surface area contributed by atoms with Crippen molar-refractivity contribution in [3.05, 3.63) is 70.0 Å². The highest BCUT2D eigenvalue weighted by molar-refractivity contribution is 6.31. The first-order valence-corrected chi connectivity index (χ1v) is 6.56.